The van der Waals surface area contributed by atoms with Crippen molar-refractivity contribution >= 4 is 59.9 Å². The van der Waals surface area contributed by atoms with E-state index in [0.29, 0.717) is 0 Å². The second kappa shape index (κ2) is 4.37. The maximum atomic E-state index is 5.48. The third kappa shape index (κ3) is 2.06. The van der Waals surface area contributed by atoms with Gasteiger partial charge in [-0.25, -0.2) is 0 Å². The van der Waals surface area contributed by atoms with Gasteiger partial charge in [0.1, 0.15) is 0 Å². The molecular formula is C10H8BrIOS. The number of rotatable bonds is 2. The van der Waals surface area contributed by atoms with Crippen LogP contribution in [0.15, 0.2) is 22.7 Å². The fraction of sp³-hybridized carbons (Fsp3) is 0.200. The molecule has 0 N–H and O–H groups in total. The highest BCUT2D eigenvalue weighted by molar-refractivity contribution is 14.1. The second-order valence-corrected chi connectivity index (χ2v) is 5.94. The molecule has 14 heavy (non-hydrogen) atoms. The molecule has 1 aromatic heterocycles. The van der Waals surface area contributed by atoms with Gasteiger partial charge < -0.3 is 4.74 Å². The van der Waals surface area contributed by atoms with Gasteiger partial charge in [0.15, 0.2) is 5.06 Å². The smallest absolute Gasteiger partial charge is 0.174 e. The lowest BCUT2D eigenvalue weighted by atomic mass is 10.3. The molecule has 0 unspecified atom stereocenters. The molecule has 0 saturated carbocycles. The number of thiophene rings is 1. The molecule has 0 saturated heterocycles. The van der Waals surface area contributed by atoms with E-state index < -0.39 is 0 Å². The molecule has 2 rings (SSSR count). The van der Waals surface area contributed by atoms with Gasteiger partial charge in [0.05, 0.1) is 6.61 Å². The van der Waals surface area contributed by atoms with Crippen molar-refractivity contribution in [3.8, 4) is 5.06 Å². The van der Waals surface area contributed by atoms with Crippen LogP contribution in [0.25, 0.3) is 10.1 Å². The lowest BCUT2D eigenvalue weighted by Gasteiger charge is -1.94. The van der Waals surface area contributed by atoms with Crippen LogP contribution in [-0.2, 0) is 0 Å². The van der Waals surface area contributed by atoms with Crippen molar-refractivity contribution in [2.24, 2.45) is 0 Å². The summed E-state index contributed by atoms with van der Waals surface area (Å²) in [5.74, 6) is 0. The standard InChI is InChI=1S/C10H8BrIOS/c1-2-13-10-5-7-8(11)3-6(12)4-9(7)14-10/h3-5H,2H2,1H3. The topological polar surface area (TPSA) is 9.23 Å². The first-order valence-corrected chi connectivity index (χ1v) is 6.91. The second-order valence-electron chi connectivity index (χ2n) is 2.80. The van der Waals surface area contributed by atoms with Crippen molar-refractivity contribution in [2.75, 3.05) is 6.61 Å². The highest BCUT2D eigenvalue weighted by atomic mass is 127. The van der Waals surface area contributed by atoms with Crippen LogP contribution in [0.1, 0.15) is 6.92 Å². The summed E-state index contributed by atoms with van der Waals surface area (Å²) in [7, 11) is 0. The average molecular weight is 383 g/mol. The van der Waals surface area contributed by atoms with E-state index in [9.17, 15) is 0 Å². The van der Waals surface area contributed by atoms with E-state index in [0.717, 1.165) is 16.1 Å². The Bertz CT molecular complexity index is 466. The zero-order valence-corrected chi connectivity index (χ0v) is 12.1. The number of hydrogen-bond acceptors (Lipinski definition) is 2. The van der Waals surface area contributed by atoms with Gasteiger partial charge in [0.25, 0.3) is 0 Å². The zero-order valence-electron chi connectivity index (χ0n) is 7.51. The summed E-state index contributed by atoms with van der Waals surface area (Å²) in [5.41, 5.74) is 0. The van der Waals surface area contributed by atoms with Crippen molar-refractivity contribution in [1.29, 1.82) is 0 Å². The quantitative estimate of drug-likeness (QED) is 0.686. The Kier molecular flexibility index (Phi) is 3.34. The Morgan fingerprint density at radius 1 is 1.43 bits per heavy atom. The van der Waals surface area contributed by atoms with E-state index in [1.54, 1.807) is 11.3 Å². The Morgan fingerprint density at radius 3 is 2.93 bits per heavy atom. The van der Waals surface area contributed by atoms with Crippen LogP contribution in [0.2, 0.25) is 0 Å². The van der Waals surface area contributed by atoms with E-state index in [1.165, 1.54) is 13.7 Å². The third-order valence-corrected chi connectivity index (χ3v) is 4.09. The van der Waals surface area contributed by atoms with Gasteiger partial charge >= 0.3 is 0 Å². The monoisotopic (exact) mass is 382 g/mol. The van der Waals surface area contributed by atoms with Gasteiger partial charge in [0, 0.05) is 24.2 Å². The number of ether oxygens (including phenoxy) is 1. The van der Waals surface area contributed by atoms with Crippen molar-refractivity contribution < 1.29 is 4.74 Å². The van der Waals surface area contributed by atoms with E-state index in [-0.39, 0.29) is 0 Å². The molecule has 0 amide bonds. The molecule has 1 aromatic carbocycles. The van der Waals surface area contributed by atoms with Crippen LogP contribution in [0.3, 0.4) is 0 Å². The first-order chi connectivity index (χ1) is 6.70. The summed E-state index contributed by atoms with van der Waals surface area (Å²) in [6.45, 7) is 2.73. The summed E-state index contributed by atoms with van der Waals surface area (Å²) in [6, 6.07) is 6.38. The summed E-state index contributed by atoms with van der Waals surface area (Å²) >= 11 is 7.57. The molecular weight excluding hydrogens is 375 g/mol. The van der Waals surface area contributed by atoms with Gasteiger partial charge in [-0.2, -0.15) is 0 Å². The molecule has 2 aromatic rings. The first-order valence-electron chi connectivity index (χ1n) is 4.22. The first kappa shape index (κ1) is 10.7. The summed E-state index contributed by atoms with van der Waals surface area (Å²) in [4.78, 5) is 0. The fourth-order valence-electron chi connectivity index (χ4n) is 1.25. The molecule has 0 aliphatic heterocycles. The summed E-state index contributed by atoms with van der Waals surface area (Å²) < 4.78 is 9.13. The molecule has 4 heteroatoms. The molecule has 74 valence electrons. The predicted molar refractivity (Wildman–Crippen MR) is 73.4 cm³/mol. The lowest BCUT2D eigenvalue weighted by Crippen LogP contribution is -1.86. The normalized spacial score (nSPS) is 10.8. The van der Waals surface area contributed by atoms with Gasteiger partial charge in [-0.05, 0) is 41.6 Å². The molecule has 0 atom stereocenters. The Labute approximate surface area is 109 Å². The van der Waals surface area contributed by atoms with Gasteiger partial charge in [0.2, 0.25) is 0 Å². The van der Waals surface area contributed by atoms with E-state index in [4.69, 9.17) is 4.74 Å². The molecule has 0 aliphatic rings. The molecule has 1 nitrogen and oxygen atoms in total. The van der Waals surface area contributed by atoms with Gasteiger partial charge in [-0.1, -0.05) is 27.3 Å². The number of halogens is 2. The minimum Gasteiger partial charge on any atom is -0.484 e. The van der Waals surface area contributed by atoms with Crippen molar-refractivity contribution in [1.82, 2.24) is 0 Å². The van der Waals surface area contributed by atoms with Crippen LogP contribution in [0.4, 0.5) is 0 Å². The predicted octanol–water partition coefficient (Wildman–Crippen LogP) is 4.67. The van der Waals surface area contributed by atoms with Crippen LogP contribution in [0.5, 0.6) is 5.06 Å². The number of fused-ring (bicyclic) bond motifs is 1. The average Bonchev–Trinajstić information content (AvgIpc) is 2.48. The van der Waals surface area contributed by atoms with E-state index in [2.05, 4.69) is 56.7 Å². The van der Waals surface area contributed by atoms with Gasteiger partial charge in [-0.15, -0.1) is 0 Å². The molecule has 0 aliphatic carbocycles. The summed E-state index contributed by atoms with van der Waals surface area (Å²) in [6.07, 6.45) is 0. The van der Waals surface area contributed by atoms with E-state index >= 15 is 0 Å². The highest BCUT2D eigenvalue weighted by Crippen LogP contribution is 2.37. The van der Waals surface area contributed by atoms with Crippen molar-refractivity contribution in [2.45, 2.75) is 6.92 Å². The highest BCUT2D eigenvalue weighted by Gasteiger charge is 2.06. The minimum atomic E-state index is 0.724. The molecule has 1 heterocycles. The maximum Gasteiger partial charge on any atom is 0.174 e. The Balaban J connectivity index is 2.58. The van der Waals surface area contributed by atoms with Crippen LogP contribution in [0, 0.1) is 3.57 Å². The van der Waals surface area contributed by atoms with Crippen molar-refractivity contribution in [3.63, 3.8) is 0 Å². The molecule has 0 bridgehead atoms. The van der Waals surface area contributed by atoms with Crippen molar-refractivity contribution in [3.05, 3.63) is 26.2 Å². The Morgan fingerprint density at radius 2 is 2.21 bits per heavy atom. The van der Waals surface area contributed by atoms with Crippen LogP contribution in [-0.4, -0.2) is 6.61 Å². The molecule has 0 fully saturated rings. The summed E-state index contributed by atoms with van der Waals surface area (Å²) in [5, 5.41) is 2.23. The van der Waals surface area contributed by atoms with Crippen LogP contribution < -0.4 is 4.74 Å². The van der Waals surface area contributed by atoms with Crippen LogP contribution >= 0.6 is 49.9 Å². The maximum absolute atomic E-state index is 5.48. The van der Waals surface area contributed by atoms with E-state index in [1.807, 2.05) is 6.92 Å². The number of hydrogen-bond donors (Lipinski definition) is 0. The fourth-order valence-corrected chi connectivity index (χ4v) is 4.26. The zero-order chi connectivity index (χ0) is 10.1. The lowest BCUT2D eigenvalue weighted by molar-refractivity contribution is 0.350. The SMILES string of the molecule is CCOc1cc2c(Br)cc(I)cc2s1. The number of benzene rings is 1. The minimum absolute atomic E-state index is 0.724. The largest absolute Gasteiger partial charge is 0.484 e. The molecule has 0 spiro atoms. The Hall–Kier alpha value is 0.190. The molecule has 0 radical (unpaired) electrons. The van der Waals surface area contributed by atoms with Gasteiger partial charge in [-0.3, -0.25) is 0 Å². The third-order valence-electron chi connectivity index (χ3n) is 1.82.